The molecular formula is C16H16O2. The molecule has 0 heterocycles. The van der Waals surface area contributed by atoms with Gasteiger partial charge in [-0.05, 0) is 16.7 Å². The summed E-state index contributed by atoms with van der Waals surface area (Å²) in [6.45, 7) is 2.17. The predicted octanol–water partition coefficient (Wildman–Crippen LogP) is 3.81. The molecule has 0 aliphatic heterocycles. The molecule has 18 heavy (non-hydrogen) atoms. The molecule has 2 aliphatic carbocycles. The third-order valence-corrected chi connectivity index (χ3v) is 2.75. The molecule has 0 saturated carbocycles. The van der Waals surface area contributed by atoms with E-state index in [2.05, 4.69) is 24.3 Å². The summed E-state index contributed by atoms with van der Waals surface area (Å²) in [5.74, 6) is -0.154. The van der Waals surface area contributed by atoms with E-state index in [0.29, 0.717) is 13.0 Å². The highest BCUT2D eigenvalue weighted by molar-refractivity contribution is 5.75. The Kier molecular flexibility index (Phi) is 4.13. The lowest BCUT2D eigenvalue weighted by Crippen LogP contribution is -2.01. The molecule has 0 fully saturated rings. The van der Waals surface area contributed by atoms with Crippen molar-refractivity contribution < 1.29 is 9.53 Å². The lowest BCUT2D eigenvalue weighted by Gasteiger charge is -2.10. The standard InChI is InChI=1S/C10H12O2.C6H4/c1-2-10(11)12-8-9-6-4-3-5-7-9;1-2-6-4-3-5(1)6/h3-7H,2,8H2,1H3;1-4H. The van der Waals surface area contributed by atoms with Gasteiger partial charge in [-0.2, -0.15) is 0 Å². The van der Waals surface area contributed by atoms with Crippen LogP contribution < -0.4 is 0 Å². The van der Waals surface area contributed by atoms with Crippen LogP contribution in [0, 0.1) is 0 Å². The Hall–Kier alpha value is -2.09. The van der Waals surface area contributed by atoms with Gasteiger partial charge in [-0.1, -0.05) is 61.5 Å². The summed E-state index contributed by atoms with van der Waals surface area (Å²) < 4.78 is 4.94. The molecule has 0 N–H and O–H groups in total. The Morgan fingerprint density at radius 1 is 0.944 bits per heavy atom. The SMILES string of the molecule is CCC(=O)OCc1ccccc1.c1cc2ccc1-2. The van der Waals surface area contributed by atoms with Gasteiger partial charge >= 0.3 is 5.97 Å². The first-order valence-electron chi connectivity index (χ1n) is 6.09. The molecule has 1 aromatic carbocycles. The van der Waals surface area contributed by atoms with Crippen molar-refractivity contribution in [3.8, 4) is 11.1 Å². The Labute approximate surface area is 107 Å². The first-order valence-corrected chi connectivity index (χ1v) is 6.09. The van der Waals surface area contributed by atoms with Gasteiger partial charge < -0.3 is 4.74 Å². The monoisotopic (exact) mass is 240 g/mol. The van der Waals surface area contributed by atoms with Crippen LogP contribution in [-0.2, 0) is 16.1 Å². The van der Waals surface area contributed by atoms with Crippen LogP contribution in [0.15, 0.2) is 54.6 Å². The Balaban J connectivity index is 0.000000164. The van der Waals surface area contributed by atoms with E-state index >= 15 is 0 Å². The molecular weight excluding hydrogens is 224 g/mol. The molecule has 2 nitrogen and oxygen atoms in total. The zero-order valence-corrected chi connectivity index (χ0v) is 10.4. The van der Waals surface area contributed by atoms with E-state index in [1.807, 2.05) is 30.3 Å². The Morgan fingerprint density at radius 2 is 1.50 bits per heavy atom. The average Bonchev–Trinajstić information content (AvgIpc) is 2.42. The van der Waals surface area contributed by atoms with Crippen LogP contribution in [-0.4, -0.2) is 5.97 Å². The summed E-state index contributed by atoms with van der Waals surface area (Å²) in [5.41, 5.74) is 3.88. The van der Waals surface area contributed by atoms with Crippen LogP contribution in [0.2, 0.25) is 0 Å². The second-order valence-electron chi connectivity index (χ2n) is 4.08. The van der Waals surface area contributed by atoms with Crippen molar-refractivity contribution in [2.75, 3.05) is 0 Å². The lowest BCUT2D eigenvalue weighted by molar-refractivity contribution is -0.144. The Bertz CT molecular complexity index is 479. The summed E-state index contributed by atoms with van der Waals surface area (Å²) in [5, 5.41) is 0. The van der Waals surface area contributed by atoms with Crippen LogP contribution in [0.3, 0.4) is 0 Å². The van der Waals surface area contributed by atoms with E-state index in [0.717, 1.165) is 5.56 Å². The van der Waals surface area contributed by atoms with Crippen LogP contribution in [0.5, 0.6) is 0 Å². The van der Waals surface area contributed by atoms with Crippen LogP contribution in [0.25, 0.3) is 11.1 Å². The van der Waals surface area contributed by atoms with Gasteiger partial charge in [0.15, 0.2) is 0 Å². The second-order valence-corrected chi connectivity index (χ2v) is 4.08. The number of carbonyl (C=O) groups is 1. The minimum absolute atomic E-state index is 0.154. The van der Waals surface area contributed by atoms with Crippen molar-refractivity contribution in [2.45, 2.75) is 20.0 Å². The average molecular weight is 240 g/mol. The van der Waals surface area contributed by atoms with Crippen molar-refractivity contribution >= 4 is 5.97 Å². The van der Waals surface area contributed by atoms with E-state index in [-0.39, 0.29) is 5.97 Å². The van der Waals surface area contributed by atoms with Gasteiger partial charge in [0, 0.05) is 6.42 Å². The molecule has 92 valence electrons. The van der Waals surface area contributed by atoms with Gasteiger partial charge in [-0.25, -0.2) is 0 Å². The minimum atomic E-state index is -0.154. The van der Waals surface area contributed by atoms with E-state index in [1.165, 1.54) is 11.1 Å². The third-order valence-electron chi connectivity index (χ3n) is 2.75. The smallest absolute Gasteiger partial charge is 0.305 e. The van der Waals surface area contributed by atoms with Crippen molar-refractivity contribution in [3.63, 3.8) is 0 Å². The minimum Gasteiger partial charge on any atom is -0.461 e. The number of ether oxygens (including phenoxy) is 1. The molecule has 1 aromatic rings. The third kappa shape index (κ3) is 3.20. The lowest BCUT2D eigenvalue weighted by atomic mass is 9.95. The number of hydrogen-bond donors (Lipinski definition) is 0. The molecule has 3 rings (SSSR count). The van der Waals surface area contributed by atoms with Gasteiger partial charge in [0.2, 0.25) is 0 Å². The zero-order chi connectivity index (χ0) is 12.8. The molecule has 0 amide bonds. The second kappa shape index (κ2) is 6.01. The summed E-state index contributed by atoms with van der Waals surface area (Å²) in [6, 6.07) is 18.1. The summed E-state index contributed by atoms with van der Waals surface area (Å²) in [6.07, 6.45) is 0.437. The van der Waals surface area contributed by atoms with Gasteiger partial charge in [-0.3, -0.25) is 4.79 Å². The van der Waals surface area contributed by atoms with Gasteiger partial charge in [0.05, 0.1) is 0 Å². The normalized spacial score (nSPS) is 10.1. The number of hydrogen-bond acceptors (Lipinski definition) is 2. The van der Waals surface area contributed by atoms with Crippen molar-refractivity contribution in [1.29, 1.82) is 0 Å². The number of esters is 1. The summed E-state index contributed by atoms with van der Waals surface area (Å²) in [4.78, 5) is 10.8. The van der Waals surface area contributed by atoms with E-state index in [1.54, 1.807) is 6.92 Å². The Morgan fingerprint density at radius 3 is 1.89 bits per heavy atom. The van der Waals surface area contributed by atoms with Gasteiger partial charge in [0.25, 0.3) is 0 Å². The fourth-order valence-corrected chi connectivity index (χ4v) is 1.50. The summed E-state index contributed by atoms with van der Waals surface area (Å²) >= 11 is 0. The van der Waals surface area contributed by atoms with E-state index < -0.39 is 0 Å². The van der Waals surface area contributed by atoms with Crippen LogP contribution in [0.4, 0.5) is 0 Å². The maximum Gasteiger partial charge on any atom is 0.305 e. The van der Waals surface area contributed by atoms with Crippen molar-refractivity contribution in [1.82, 2.24) is 0 Å². The van der Waals surface area contributed by atoms with Gasteiger partial charge in [0.1, 0.15) is 6.61 Å². The maximum absolute atomic E-state index is 10.8. The fraction of sp³-hybridized carbons (Fsp3) is 0.188. The topological polar surface area (TPSA) is 26.3 Å². The molecule has 2 heteroatoms. The molecule has 0 bridgehead atoms. The molecule has 0 radical (unpaired) electrons. The number of carbonyl (C=O) groups excluding carboxylic acids is 1. The predicted molar refractivity (Wildman–Crippen MR) is 72.0 cm³/mol. The summed E-state index contributed by atoms with van der Waals surface area (Å²) in [7, 11) is 0. The van der Waals surface area contributed by atoms with Crippen LogP contribution >= 0.6 is 0 Å². The van der Waals surface area contributed by atoms with Crippen molar-refractivity contribution in [3.05, 3.63) is 60.2 Å². The number of benzene rings is 2. The molecule has 0 atom stereocenters. The van der Waals surface area contributed by atoms with Crippen LogP contribution in [0.1, 0.15) is 18.9 Å². The fourth-order valence-electron chi connectivity index (χ4n) is 1.50. The molecule has 0 saturated heterocycles. The highest BCUT2D eigenvalue weighted by atomic mass is 16.5. The molecule has 2 aliphatic rings. The van der Waals surface area contributed by atoms with E-state index in [9.17, 15) is 4.79 Å². The largest absolute Gasteiger partial charge is 0.461 e. The quantitative estimate of drug-likeness (QED) is 0.651. The van der Waals surface area contributed by atoms with E-state index in [4.69, 9.17) is 4.74 Å². The first kappa shape index (κ1) is 12.4. The van der Waals surface area contributed by atoms with Crippen molar-refractivity contribution in [2.24, 2.45) is 0 Å². The highest BCUT2D eigenvalue weighted by Crippen LogP contribution is 2.29. The number of fused-ring (bicyclic) bond motifs is 1. The number of rotatable bonds is 3. The maximum atomic E-state index is 10.8. The molecule has 0 spiro atoms. The first-order chi connectivity index (χ1) is 8.79. The molecule has 0 unspecified atom stereocenters. The highest BCUT2D eigenvalue weighted by Gasteiger charge is 2.04. The van der Waals surface area contributed by atoms with Gasteiger partial charge in [-0.15, -0.1) is 0 Å². The zero-order valence-electron chi connectivity index (χ0n) is 10.4. The molecule has 0 aromatic heterocycles.